The fraction of sp³-hybridized carbons (Fsp3) is 0.757. The van der Waals surface area contributed by atoms with Gasteiger partial charge in [-0.25, -0.2) is 0 Å². The van der Waals surface area contributed by atoms with E-state index in [4.69, 9.17) is 18.9 Å². The predicted octanol–water partition coefficient (Wildman–Crippen LogP) is 18.6. The summed E-state index contributed by atoms with van der Waals surface area (Å²) < 4.78 is 22.6. The molecular formula is C70H123NO8. The van der Waals surface area contributed by atoms with Crippen LogP contribution in [0.3, 0.4) is 0 Å². The summed E-state index contributed by atoms with van der Waals surface area (Å²) in [6, 6.07) is 0. The van der Waals surface area contributed by atoms with E-state index in [2.05, 4.69) is 86.8 Å². The summed E-state index contributed by atoms with van der Waals surface area (Å²) in [7, 11) is 5.90. The molecule has 2 atom stereocenters. The molecule has 0 saturated carbocycles. The minimum Gasteiger partial charge on any atom is -0.545 e. The first-order chi connectivity index (χ1) is 38.6. The highest BCUT2D eigenvalue weighted by molar-refractivity contribution is 5.70. The standard InChI is InChI=1S/C70H123NO8/c1-6-8-10-12-14-16-18-20-21-22-23-24-25-26-27-28-29-30-31-32-33-34-35-36-37-38-39-40-41-42-43-44-45-46-47-49-50-52-54-56-58-60-67(72)77-64-66(65-78-70(69(74)75)76-63-62-71(3,4)5)79-68(73)61-59-57-55-53-51-48-19-17-15-13-11-9-7-2/h9,11,15,17-18,20,22-23,25-26,48,51,55,57,66,70H,6-8,10,12-14,16,19,21,24,27-47,49-50,52-54,56,58-65H2,1-5H3/b11-9-,17-15-,20-18-,23-22-,26-25-,51-48-,57-55-. The number of carboxylic acids is 1. The average Bonchev–Trinajstić information content (AvgIpc) is 3.42. The summed E-state index contributed by atoms with van der Waals surface area (Å²) in [6.45, 7) is 4.54. The zero-order chi connectivity index (χ0) is 57.6. The van der Waals surface area contributed by atoms with Gasteiger partial charge in [-0.3, -0.25) is 9.59 Å². The number of allylic oxidation sites excluding steroid dienone is 14. The Hall–Kier alpha value is -3.53. The highest BCUT2D eigenvalue weighted by Crippen LogP contribution is 2.17. The molecule has 0 N–H and O–H groups in total. The number of hydrogen-bond donors (Lipinski definition) is 0. The van der Waals surface area contributed by atoms with Gasteiger partial charge in [-0.1, -0.05) is 279 Å². The lowest BCUT2D eigenvalue weighted by Gasteiger charge is -2.26. The summed E-state index contributed by atoms with van der Waals surface area (Å²) in [5, 5.41) is 11.7. The number of hydrogen-bond acceptors (Lipinski definition) is 8. The van der Waals surface area contributed by atoms with Crippen LogP contribution in [-0.4, -0.2) is 82.3 Å². The van der Waals surface area contributed by atoms with Crippen molar-refractivity contribution in [3.8, 4) is 0 Å². The largest absolute Gasteiger partial charge is 0.545 e. The fourth-order valence-corrected chi connectivity index (χ4v) is 9.15. The van der Waals surface area contributed by atoms with Crippen molar-refractivity contribution in [3.63, 3.8) is 0 Å². The summed E-state index contributed by atoms with van der Waals surface area (Å²) in [5.74, 6) is -2.39. The lowest BCUT2D eigenvalue weighted by Crippen LogP contribution is -2.44. The third-order valence-corrected chi connectivity index (χ3v) is 14.1. The highest BCUT2D eigenvalue weighted by atomic mass is 16.7. The van der Waals surface area contributed by atoms with E-state index in [-0.39, 0.29) is 38.6 Å². The van der Waals surface area contributed by atoms with Crippen molar-refractivity contribution >= 4 is 17.9 Å². The van der Waals surface area contributed by atoms with Gasteiger partial charge in [0.1, 0.15) is 13.2 Å². The van der Waals surface area contributed by atoms with E-state index in [1.165, 1.54) is 193 Å². The molecule has 9 nitrogen and oxygen atoms in total. The first-order valence-electron chi connectivity index (χ1n) is 32.7. The van der Waals surface area contributed by atoms with Crippen LogP contribution in [0, 0.1) is 0 Å². The number of quaternary nitrogens is 1. The van der Waals surface area contributed by atoms with E-state index in [0.29, 0.717) is 17.4 Å². The molecule has 2 unspecified atom stereocenters. The van der Waals surface area contributed by atoms with Crippen LogP contribution in [0.5, 0.6) is 0 Å². The Morgan fingerprint density at radius 1 is 0.392 bits per heavy atom. The van der Waals surface area contributed by atoms with Crippen LogP contribution in [0.15, 0.2) is 85.1 Å². The van der Waals surface area contributed by atoms with Gasteiger partial charge in [-0.2, -0.15) is 0 Å². The lowest BCUT2D eigenvalue weighted by atomic mass is 10.0. The van der Waals surface area contributed by atoms with Gasteiger partial charge in [0.25, 0.3) is 0 Å². The van der Waals surface area contributed by atoms with Crippen molar-refractivity contribution in [2.45, 2.75) is 296 Å². The molecule has 79 heavy (non-hydrogen) atoms. The molecule has 0 aromatic heterocycles. The molecule has 0 amide bonds. The molecule has 0 heterocycles. The monoisotopic (exact) mass is 1110 g/mol. The summed E-state index contributed by atoms with van der Waals surface area (Å²) >= 11 is 0. The van der Waals surface area contributed by atoms with Crippen molar-refractivity contribution in [3.05, 3.63) is 85.1 Å². The first kappa shape index (κ1) is 75.5. The number of unbranched alkanes of at least 4 members (excludes halogenated alkanes) is 31. The predicted molar refractivity (Wildman–Crippen MR) is 334 cm³/mol. The molecule has 456 valence electrons. The number of aliphatic carboxylic acids is 1. The number of carboxylic acid groups (broad SMARTS) is 1. The van der Waals surface area contributed by atoms with Crippen LogP contribution < -0.4 is 5.11 Å². The third kappa shape index (κ3) is 61.9. The van der Waals surface area contributed by atoms with Gasteiger partial charge in [0.2, 0.25) is 0 Å². The van der Waals surface area contributed by atoms with E-state index >= 15 is 0 Å². The quantitative estimate of drug-likeness (QED) is 0.0195. The Labute approximate surface area is 487 Å². The van der Waals surface area contributed by atoms with Crippen LogP contribution in [0.1, 0.15) is 284 Å². The number of esters is 2. The minimum atomic E-state index is -1.64. The van der Waals surface area contributed by atoms with E-state index in [0.717, 1.165) is 57.8 Å². The SMILES string of the molecule is CC/C=C\C/C=C\C/C=C\C/C=C\CCC(=O)OC(COC(=O)CCCCCCCCCCCCCCCCCCCCCCCCCCCC/C=C\C/C=C\C/C=C\CCCCCCC)COC(OCC[N+](C)(C)C)C(=O)[O-]. The Balaban J connectivity index is 3.91. The Morgan fingerprint density at radius 3 is 1.13 bits per heavy atom. The van der Waals surface area contributed by atoms with Gasteiger partial charge in [0, 0.05) is 12.8 Å². The second-order valence-electron chi connectivity index (χ2n) is 23.0. The zero-order valence-corrected chi connectivity index (χ0v) is 52.0. The molecule has 0 bridgehead atoms. The minimum absolute atomic E-state index is 0.125. The molecule has 0 aromatic carbocycles. The first-order valence-corrected chi connectivity index (χ1v) is 32.7. The van der Waals surface area contributed by atoms with Crippen LogP contribution >= 0.6 is 0 Å². The fourth-order valence-electron chi connectivity index (χ4n) is 9.15. The smallest absolute Gasteiger partial charge is 0.306 e. The molecule has 0 spiro atoms. The third-order valence-electron chi connectivity index (χ3n) is 14.1. The maximum atomic E-state index is 12.8. The number of ether oxygens (including phenoxy) is 4. The topological polar surface area (TPSA) is 111 Å². The van der Waals surface area contributed by atoms with Gasteiger partial charge in [-0.05, 0) is 77.0 Å². The second kappa shape index (κ2) is 60.6. The maximum Gasteiger partial charge on any atom is 0.306 e. The van der Waals surface area contributed by atoms with Crippen molar-refractivity contribution < 1.29 is 42.9 Å². The molecule has 0 rings (SSSR count). The molecule has 0 fully saturated rings. The molecule has 9 heteroatoms. The van der Waals surface area contributed by atoms with Crippen LogP contribution in [0.2, 0.25) is 0 Å². The summed E-state index contributed by atoms with van der Waals surface area (Å²) in [4.78, 5) is 37.2. The van der Waals surface area contributed by atoms with Gasteiger partial charge in [-0.15, -0.1) is 0 Å². The summed E-state index contributed by atoms with van der Waals surface area (Å²) in [5.41, 5.74) is 0. The molecule has 0 aliphatic heterocycles. The number of likely N-dealkylation sites (N-methyl/N-ethyl adjacent to an activating group) is 1. The van der Waals surface area contributed by atoms with Gasteiger partial charge in [0.15, 0.2) is 12.4 Å². The normalized spacial score (nSPS) is 13.3. The number of carbonyl (C=O) groups excluding carboxylic acids is 3. The van der Waals surface area contributed by atoms with Crippen LogP contribution in [0.25, 0.3) is 0 Å². The van der Waals surface area contributed by atoms with E-state index in [9.17, 15) is 19.5 Å². The maximum absolute atomic E-state index is 12.8. The Morgan fingerprint density at radius 2 is 0.747 bits per heavy atom. The number of rotatable bonds is 60. The molecule has 0 aliphatic carbocycles. The lowest BCUT2D eigenvalue weighted by molar-refractivity contribution is -0.870. The summed E-state index contributed by atoms with van der Waals surface area (Å²) in [6.07, 6.45) is 78.6. The molecule has 0 aromatic rings. The van der Waals surface area contributed by atoms with Crippen molar-refractivity contribution in [2.24, 2.45) is 0 Å². The Bertz CT molecular complexity index is 1570. The van der Waals surface area contributed by atoms with Gasteiger partial charge >= 0.3 is 11.9 Å². The zero-order valence-electron chi connectivity index (χ0n) is 52.0. The molecule has 0 radical (unpaired) electrons. The van der Waals surface area contributed by atoms with Crippen LogP contribution in [-0.2, 0) is 33.3 Å². The van der Waals surface area contributed by atoms with Crippen molar-refractivity contribution in [2.75, 3.05) is 47.5 Å². The van der Waals surface area contributed by atoms with E-state index < -0.39 is 24.3 Å². The van der Waals surface area contributed by atoms with E-state index in [1.54, 1.807) is 0 Å². The number of nitrogens with zero attached hydrogens (tertiary/aromatic N) is 1. The Kier molecular flexibility index (Phi) is 57.9. The number of carbonyl (C=O) groups is 3. The highest BCUT2D eigenvalue weighted by Gasteiger charge is 2.22. The van der Waals surface area contributed by atoms with Gasteiger partial charge < -0.3 is 33.3 Å². The van der Waals surface area contributed by atoms with Crippen LogP contribution in [0.4, 0.5) is 0 Å². The van der Waals surface area contributed by atoms with Gasteiger partial charge in [0.05, 0.1) is 40.3 Å². The van der Waals surface area contributed by atoms with E-state index in [1.807, 2.05) is 33.3 Å². The van der Waals surface area contributed by atoms with Crippen molar-refractivity contribution in [1.29, 1.82) is 0 Å². The van der Waals surface area contributed by atoms with Crippen molar-refractivity contribution in [1.82, 2.24) is 0 Å². The molecular weight excluding hydrogens is 983 g/mol. The molecule has 0 aliphatic rings. The molecule has 0 saturated heterocycles. The average molecular weight is 1110 g/mol. The second-order valence-corrected chi connectivity index (χ2v) is 23.0.